The fourth-order valence-corrected chi connectivity index (χ4v) is 3.06. The predicted octanol–water partition coefficient (Wildman–Crippen LogP) is 4.89. The molecule has 0 saturated heterocycles. The lowest BCUT2D eigenvalue weighted by Gasteiger charge is -2.10. The molecule has 0 aliphatic heterocycles. The quantitative estimate of drug-likeness (QED) is 0.439. The van der Waals surface area contributed by atoms with Gasteiger partial charge in [0.15, 0.2) is 0 Å². The third kappa shape index (κ3) is 3.81. The van der Waals surface area contributed by atoms with E-state index in [2.05, 4.69) is 25.3 Å². The average Bonchev–Trinajstić information content (AvgIpc) is 3.11. The molecule has 4 N–H and O–H groups in total. The zero-order chi connectivity index (χ0) is 20.6. The normalized spacial score (nSPS) is 11.7. The number of nitrogens with two attached hydrogens (primary N) is 1. The Kier molecular flexibility index (Phi) is 4.75. The van der Waals surface area contributed by atoms with E-state index < -0.39 is 11.7 Å². The number of nitrogens with one attached hydrogen (secondary N) is 2. The largest absolute Gasteiger partial charge is 0.417 e. The van der Waals surface area contributed by atoms with Gasteiger partial charge in [0.05, 0.1) is 17.4 Å². The molecule has 10 heteroatoms. The first-order valence-corrected chi connectivity index (χ1v) is 8.85. The zero-order valence-electron chi connectivity index (χ0n) is 14.8. The number of H-pyrrole nitrogens is 1. The van der Waals surface area contributed by atoms with Gasteiger partial charge < -0.3 is 16.0 Å². The summed E-state index contributed by atoms with van der Waals surface area (Å²) in [6.45, 7) is 0.372. The second-order valence-electron chi connectivity index (χ2n) is 6.26. The van der Waals surface area contributed by atoms with Crippen molar-refractivity contribution in [3.63, 3.8) is 0 Å². The van der Waals surface area contributed by atoms with Gasteiger partial charge in [-0.25, -0.2) is 15.0 Å². The Bertz CT molecular complexity index is 1190. The van der Waals surface area contributed by atoms with Crippen molar-refractivity contribution >= 4 is 34.3 Å². The smallest absolute Gasteiger partial charge is 0.396 e. The number of anilines is 2. The number of nitrogens with zero attached hydrogens (tertiary/aromatic N) is 3. The van der Waals surface area contributed by atoms with Crippen molar-refractivity contribution in [1.82, 2.24) is 19.9 Å². The van der Waals surface area contributed by atoms with E-state index in [-0.39, 0.29) is 17.0 Å². The van der Waals surface area contributed by atoms with Crippen LogP contribution in [-0.2, 0) is 12.7 Å². The Morgan fingerprint density at radius 2 is 1.93 bits per heavy atom. The molecule has 0 unspecified atom stereocenters. The van der Waals surface area contributed by atoms with Crippen LogP contribution in [0, 0.1) is 0 Å². The standard InChI is InChI=1S/C19H14ClF3N6/c20-14-4-2-1-3-10(14)6-27-18-28-9-15(24)16(29-18)13-8-26-17-12(13)5-11(7-25-17)19(21,22)23/h1-5,7-9H,6,24H2,(H,25,26)(H,27,28,29). The lowest BCUT2D eigenvalue weighted by molar-refractivity contribution is -0.137. The minimum Gasteiger partial charge on any atom is -0.396 e. The molecule has 1 aromatic carbocycles. The number of aromatic nitrogens is 4. The van der Waals surface area contributed by atoms with Crippen LogP contribution in [0.25, 0.3) is 22.3 Å². The molecule has 0 spiro atoms. The molecule has 3 aromatic heterocycles. The summed E-state index contributed by atoms with van der Waals surface area (Å²) in [5.41, 5.74) is 7.23. The Labute approximate surface area is 168 Å². The van der Waals surface area contributed by atoms with Crippen molar-refractivity contribution in [1.29, 1.82) is 0 Å². The monoisotopic (exact) mass is 418 g/mol. The molecule has 3 heterocycles. The van der Waals surface area contributed by atoms with Crippen LogP contribution in [0.5, 0.6) is 0 Å². The summed E-state index contributed by atoms with van der Waals surface area (Å²) >= 11 is 6.14. The molecule has 148 valence electrons. The number of aromatic amines is 1. The molecule has 4 aromatic rings. The minimum absolute atomic E-state index is 0.228. The number of alkyl halides is 3. The van der Waals surface area contributed by atoms with Gasteiger partial charge in [-0.05, 0) is 17.7 Å². The summed E-state index contributed by atoms with van der Waals surface area (Å²) in [5.74, 6) is 0.267. The number of rotatable bonds is 4. The summed E-state index contributed by atoms with van der Waals surface area (Å²) in [4.78, 5) is 15.2. The zero-order valence-corrected chi connectivity index (χ0v) is 15.5. The highest BCUT2D eigenvalue weighted by Crippen LogP contribution is 2.35. The van der Waals surface area contributed by atoms with Crippen molar-refractivity contribution in [3.05, 3.63) is 65.1 Å². The van der Waals surface area contributed by atoms with E-state index in [4.69, 9.17) is 17.3 Å². The van der Waals surface area contributed by atoms with Crippen LogP contribution in [0.15, 0.2) is 48.9 Å². The van der Waals surface area contributed by atoms with E-state index in [1.54, 1.807) is 6.07 Å². The molecule has 4 rings (SSSR count). The molecule has 0 aliphatic carbocycles. The molecule has 0 saturated carbocycles. The lowest BCUT2D eigenvalue weighted by Crippen LogP contribution is -2.06. The van der Waals surface area contributed by atoms with Crippen molar-refractivity contribution in [2.24, 2.45) is 0 Å². The number of benzene rings is 1. The molecule has 0 amide bonds. The van der Waals surface area contributed by atoms with Gasteiger partial charge in [-0.1, -0.05) is 29.8 Å². The number of nitrogen functional groups attached to an aromatic ring is 1. The molecule has 0 aliphatic rings. The summed E-state index contributed by atoms with van der Waals surface area (Å²) in [7, 11) is 0. The van der Waals surface area contributed by atoms with E-state index >= 15 is 0 Å². The number of pyridine rings is 1. The van der Waals surface area contributed by atoms with Crippen molar-refractivity contribution in [2.75, 3.05) is 11.1 Å². The first-order valence-electron chi connectivity index (χ1n) is 8.47. The fraction of sp³-hybridized carbons (Fsp3) is 0.105. The van der Waals surface area contributed by atoms with Gasteiger partial charge in [0.25, 0.3) is 0 Å². The number of halogens is 4. The van der Waals surface area contributed by atoms with E-state index in [0.29, 0.717) is 28.5 Å². The van der Waals surface area contributed by atoms with Crippen LogP contribution >= 0.6 is 11.6 Å². The van der Waals surface area contributed by atoms with Crippen LogP contribution in [0.2, 0.25) is 5.02 Å². The van der Waals surface area contributed by atoms with Gasteiger partial charge in [0, 0.05) is 34.9 Å². The topological polar surface area (TPSA) is 92.5 Å². The molecule has 0 radical (unpaired) electrons. The Hall–Kier alpha value is -3.33. The average molecular weight is 419 g/mol. The van der Waals surface area contributed by atoms with Crippen LogP contribution in [-0.4, -0.2) is 19.9 Å². The number of hydrogen-bond acceptors (Lipinski definition) is 5. The first-order chi connectivity index (χ1) is 13.8. The highest BCUT2D eigenvalue weighted by Gasteiger charge is 2.31. The number of fused-ring (bicyclic) bond motifs is 1. The third-order valence-corrected chi connectivity index (χ3v) is 4.69. The summed E-state index contributed by atoms with van der Waals surface area (Å²) < 4.78 is 39.2. The molecule has 29 heavy (non-hydrogen) atoms. The lowest BCUT2D eigenvalue weighted by atomic mass is 10.1. The maximum absolute atomic E-state index is 13.1. The molecule has 0 atom stereocenters. The van der Waals surface area contributed by atoms with E-state index in [0.717, 1.165) is 17.8 Å². The summed E-state index contributed by atoms with van der Waals surface area (Å²) in [5, 5.41) is 3.91. The Morgan fingerprint density at radius 1 is 1.14 bits per heavy atom. The van der Waals surface area contributed by atoms with Crippen molar-refractivity contribution in [3.8, 4) is 11.3 Å². The Balaban J connectivity index is 1.70. The van der Waals surface area contributed by atoms with Crippen LogP contribution in [0.3, 0.4) is 0 Å². The molecule has 0 bridgehead atoms. The number of hydrogen-bond donors (Lipinski definition) is 3. The highest BCUT2D eigenvalue weighted by atomic mass is 35.5. The van der Waals surface area contributed by atoms with Crippen molar-refractivity contribution < 1.29 is 13.2 Å². The molecule has 0 fully saturated rings. The Morgan fingerprint density at radius 3 is 2.69 bits per heavy atom. The molecular weight excluding hydrogens is 405 g/mol. The maximum Gasteiger partial charge on any atom is 0.417 e. The van der Waals surface area contributed by atoms with Crippen LogP contribution < -0.4 is 11.1 Å². The first kappa shape index (κ1) is 19.0. The van der Waals surface area contributed by atoms with E-state index in [1.807, 2.05) is 18.2 Å². The van der Waals surface area contributed by atoms with E-state index in [1.165, 1.54) is 12.4 Å². The SMILES string of the molecule is Nc1cnc(NCc2ccccc2Cl)nc1-c1c[nH]c2ncc(C(F)(F)F)cc12. The van der Waals surface area contributed by atoms with Crippen LogP contribution in [0.4, 0.5) is 24.8 Å². The second kappa shape index (κ2) is 7.25. The maximum atomic E-state index is 13.1. The van der Waals surface area contributed by atoms with Gasteiger partial charge in [0.2, 0.25) is 5.95 Å². The molecular formula is C19H14ClF3N6. The van der Waals surface area contributed by atoms with Crippen molar-refractivity contribution in [2.45, 2.75) is 12.7 Å². The third-order valence-electron chi connectivity index (χ3n) is 4.33. The van der Waals surface area contributed by atoms with Gasteiger partial charge in [-0.15, -0.1) is 0 Å². The van der Waals surface area contributed by atoms with E-state index in [9.17, 15) is 13.2 Å². The molecule has 6 nitrogen and oxygen atoms in total. The van der Waals surface area contributed by atoms with Gasteiger partial charge in [-0.3, -0.25) is 0 Å². The highest BCUT2D eigenvalue weighted by molar-refractivity contribution is 6.31. The fourth-order valence-electron chi connectivity index (χ4n) is 2.86. The predicted molar refractivity (Wildman–Crippen MR) is 105 cm³/mol. The van der Waals surface area contributed by atoms with Gasteiger partial charge in [0.1, 0.15) is 11.3 Å². The summed E-state index contributed by atoms with van der Waals surface area (Å²) in [6, 6.07) is 8.33. The summed E-state index contributed by atoms with van der Waals surface area (Å²) in [6.07, 6.45) is -0.803. The minimum atomic E-state index is -4.51. The van der Waals surface area contributed by atoms with Crippen LogP contribution in [0.1, 0.15) is 11.1 Å². The second-order valence-corrected chi connectivity index (χ2v) is 6.67. The van der Waals surface area contributed by atoms with Gasteiger partial charge >= 0.3 is 6.18 Å². The van der Waals surface area contributed by atoms with Gasteiger partial charge in [-0.2, -0.15) is 13.2 Å².